The quantitative estimate of drug-likeness (QED) is 0.318. The molecule has 0 radical (unpaired) electrons. The van der Waals surface area contributed by atoms with Gasteiger partial charge in [-0.05, 0) is 36.4 Å². The Kier molecular flexibility index (Phi) is 10.7. The van der Waals surface area contributed by atoms with Crippen molar-refractivity contribution < 1.29 is 38.2 Å². The minimum Gasteiger partial charge on any atom is -0.497 e. The molecule has 13 nitrogen and oxygen atoms in total. The summed E-state index contributed by atoms with van der Waals surface area (Å²) in [5.74, 6) is -1.89. The molecule has 0 unspecified atom stereocenters. The van der Waals surface area contributed by atoms with Crippen LogP contribution in [0.3, 0.4) is 0 Å². The average molecular weight is 556 g/mol. The van der Waals surface area contributed by atoms with E-state index in [1.54, 1.807) is 49.6 Å². The van der Waals surface area contributed by atoms with Gasteiger partial charge in [-0.2, -0.15) is 0 Å². The molecule has 0 saturated carbocycles. The summed E-state index contributed by atoms with van der Waals surface area (Å²) >= 11 is 0. The first kappa shape index (κ1) is 29.7. The lowest BCUT2D eigenvalue weighted by molar-refractivity contribution is -0.137. The van der Waals surface area contributed by atoms with E-state index in [9.17, 15) is 24.0 Å². The number of nitrogens with two attached hydrogens (primary N) is 1. The van der Waals surface area contributed by atoms with Crippen LogP contribution in [0.15, 0.2) is 48.5 Å². The highest BCUT2D eigenvalue weighted by Gasteiger charge is 2.30. The number of hydrogen-bond acceptors (Lipinski definition) is 8. The number of para-hydroxylation sites is 1. The predicted molar refractivity (Wildman–Crippen MR) is 143 cm³/mol. The van der Waals surface area contributed by atoms with Gasteiger partial charge in [0.1, 0.15) is 42.5 Å². The number of fused-ring (bicyclic) bond motifs is 1. The summed E-state index contributed by atoms with van der Waals surface area (Å²) in [6.07, 6.45) is -0.948. The molecule has 5 N–H and O–H groups in total. The maximum Gasteiger partial charge on any atom is 0.255 e. The summed E-state index contributed by atoms with van der Waals surface area (Å²) in [6.45, 7) is 0.334. The molecule has 0 spiro atoms. The molecule has 5 amide bonds. The number of hydrogen-bond donors (Lipinski definition) is 4. The van der Waals surface area contributed by atoms with Crippen molar-refractivity contribution in [3.63, 3.8) is 0 Å². The van der Waals surface area contributed by atoms with Crippen molar-refractivity contribution >= 4 is 29.5 Å². The number of amides is 5. The predicted octanol–water partition coefficient (Wildman–Crippen LogP) is -0.410. The van der Waals surface area contributed by atoms with E-state index in [1.165, 1.54) is 18.0 Å². The lowest BCUT2D eigenvalue weighted by Crippen LogP contribution is -2.53. The monoisotopic (exact) mass is 555 g/mol. The third-order valence-electron chi connectivity index (χ3n) is 5.97. The van der Waals surface area contributed by atoms with E-state index in [-0.39, 0.29) is 37.6 Å². The highest BCUT2D eigenvalue weighted by molar-refractivity contribution is 6.01. The number of benzene rings is 2. The van der Waals surface area contributed by atoms with Gasteiger partial charge in [0.05, 0.1) is 38.6 Å². The Labute approximate surface area is 231 Å². The second kappa shape index (κ2) is 14.4. The van der Waals surface area contributed by atoms with E-state index in [2.05, 4.69) is 16.0 Å². The third-order valence-corrected chi connectivity index (χ3v) is 5.97. The fourth-order valence-electron chi connectivity index (χ4n) is 3.87. The topological polar surface area (TPSA) is 178 Å². The van der Waals surface area contributed by atoms with E-state index in [0.29, 0.717) is 11.5 Å². The number of ether oxygens (including phenoxy) is 3. The molecule has 2 atom stereocenters. The molecule has 1 heterocycles. The average Bonchev–Trinajstić information content (AvgIpc) is 2.93. The molecule has 214 valence electrons. The Hall–Kier alpha value is -4.81. The van der Waals surface area contributed by atoms with Crippen molar-refractivity contribution in [3.05, 3.63) is 54.1 Å². The number of rotatable bonds is 8. The molecular weight excluding hydrogens is 522 g/mol. The maximum atomic E-state index is 13.1. The fraction of sp³-hybridized carbons (Fsp3) is 0.370. The van der Waals surface area contributed by atoms with Crippen LogP contribution in [-0.4, -0.2) is 87.0 Å². The van der Waals surface area contributed by atoms with Crippen molar-refractivity contribution in [1.29, 1.82) is 0 Å². The number of likely N-dealkylation sites (N-methyl/N-ethyl adjacent to an activating group) is 1. The zero-order valence-corrected chi connectivity index (χ0v) is 22.3. The van der Waals surface area contributed by atoms with Crippen molar-refractivity contribution in [2.75, 3.05) is 40.5 Å². The molecular formula is C27H33N5O8. The van der Waals surface area contributed by atoms with E-state index in [4.69, 9.17) is 19.9 Å². The van der Waals surface area contributed by atoms with Gasteiger partial charge >= 0.3 is 0 Å². The highest BCUT2D eigenvalue weighted by Crippen LogP contribution is 2.19. The molecule has 13 heteroatoms. The Morgan fingerprint density at radius 2 is 1.77 bits per heavy atom. The van der Waals surface area contributed by atoms with Crippen molar-refractivity contribution in [1.82, 2.24) is 20.9 Å². The van der Waals surface area contributed by atoms with Crippen LogP contribution in [0.5, 0.6) is 17.2 Å². The Balaban J connectivity index is 1.75. The Morgan fingerprint density at radius 3 is 2.48 bits per heavy atom. The number of carbonyl (C=O) groups is 5. The summed E-state index contributed by atoms with van der Waals surface area (Å²) in [4.78, 5) is 64.9. The number of nitrogens with one attached hydrogen (secondary N) is 3. The molecule has 0 aromatic heterocycles. The molecule has 0 fully saturated rings. The number of methoxy groups -OCH3 is 1. The largest absolute Gasteiger partial charge is 0.497 e. The van der Waals surface area contributed by atoms with Gasteiger partial charge in [0.2, 0.25) is 23.6 Å². The third kappa shape index (κ3) is 8.61. The Morgan fingerprint density at radius 1 is 1.07 bits per heavy atom. The SMILES string of the molecule is COc1ccc(OCCNC(=O)[C@@H]2CC(=O)N[C@@H](CC(N)=O)C(=O)N(C)CCOc3ccccc3C(=O)N2)cc1. The van der Waals surface area contributed by atoms with Gasteiger partial charge in [-0.3, -0.25) is 24.0 Å². The molecule has 0 saturated heterocycles. The highest BCUT2D eigenvalue weighted by atomic mass is 16.5. The van der Waals surface area contributed by atoms with Crippen molar-refractivity contribution in [2.24, 2.45) is 5.73 Å². The lowest BCUT2D eigenvalue weighted by Gasteiger charge is -2.26. The number of primary amides is 1. The van der Waals surface area contributed by atoms with Crippen LogP contribution in [0.4, 0.5) is 0 Å². The number of nitrogens with zero attached hydrogens (tertiary/aromatic N) is 1. The smallest absolute Gasteiger partial charge is 0.255 e. The van der Waals surface area contributed by atoms with Gasteiger partial charge in [-0.25, -0.2) is 0 Å². The van der Waals surface area contributed by atoms with E-state index >= 15 is 0 Å². The zero-order chi connectivity index (χ0) is 29.1. The zero-order valence-electron chi connectivity index (χ0n) is 22.3. The molecule has 40 heavy (non-hydrogen) atoms. The summed E-state index contributed by atoms with van der Waals surface area (Å²) in [7, 11) is 3.04. The first-order valence-electron chi connectivity index (χ1n) is 12.6. The Bertz CT molecular complexity index is 1220. The molecule has 0 aliphatic carbocycles. The van der Waals surface area contributed by atoms with Crippen LogP contribution in [0.25, 0.3) is 0 Å². The first-order chi connectivity index (χ1) is 19.2. The summed E-state index contributed by atoms with van der Waals surface area (Å²) < 4.78 is 16.4. The van der Waals surface area contributed by atoms with Gasteiger partial charge in [0.15, 0.2) is 0 Å². The second-order valence-electron chi connectivity index (χ2n) is 8.94. The maximum absolute atomic E-state index is 13.1. The summed E-state index contributed by atoms with van der Waals surface area (Å²) in [5.41, 5.74) is 5.44. The minimum absolute atomic E-state index is 0.0296. The van der Waals surface area contributed by atoms with Gasteiger partial charge in [-0.15, -0.1) is 0 Å². The number of carbonyl (C=O) groups excluding carboxylic acids is 5. The van der Waals surface area contributed by atoms with Crippen LogP contribution in [-0.2, 0) is 19.2 Å². The van der Waals surface area contributed by atoms with Crippen LogP contribution in [0.1, 0.15) is 23.2 Å². The first-order valence-corrected chi connectivity index (χ1v) is 12.6. The molecule has 0 bridgehead atoms. The summed E-state index contributed by atoms with van der Waals surface area (Å²) in [6, 6.07) is 10.7. The standard InChI is InChI=1S/C27H33N5O8/c1-32-12-14-40-22-6-4-3-5-19(22)25(35)31-20(16-24(34)30-21(27(32)37)15-23(28)33)26(36)29-11-13-39-18-9-7-17(38-2)8-10-18/h3-10,20-21H,11-16H2,1-2H3,(H2,28,33)(H,29,36)(H,30,34)(H,31,35)/t20-,21-/m0/s1. The van der Waals surface area contributed by atoms with Gasteiger partial charge < -0.3 is 40.8 Å². The van der Waals surface area contributed by atoms with Gasteiger partial charge in [0, 0.05) is 7.05 Å². The molecule has 1 aliphatic rings. The van der Waals surface area contributed by atoms with Crippen molar-refractivity contribution in [3.8, 4) is 17.2 Å². The van der Waals surface area contributed by atoms with Crippen LogP contribution in [0, 0.1) is 0 Å². The molecule has 1 aliphatic heterocycles. The fourth-order valence-corrected chi connectivity index (χ4v) is 3.87. The molecule has 2 aromatic carbocycles. The lowest BCUT2D eigenvalue weighted by atomic mass is 10.1. The van der Waals surface area contributed by atoms with E-state index in [0.717, 1.165) is 0 Å². The molecule has 3 rings (SSSR count). The van der Waals surface area contributed by atoms with Crippen LogP contribution >= 0.6 is 0 Å². The van der Waals surface area contributed by atoms with E-state index in [1.807, 2.05) is 0 Å². The van der Waals surface area contributed by atoms with Crippen LogP contribution in [0.2, 0.25) is 0 Å². The van der Waals surface area contributed by atoms with Gasteiger partial charge in [0.25, 0.3) is 5.91 Å². The van der Waals surface area contributed by atoms with Gasteiger partial charge in [-0.1, -0.05) is 12.1 Å². The minimum atomic E-state index is -1.31. The van der Waals surface area contributed by atoms with E-state index < -0.39 is 54.5 Å². The normalized spacial score (nSPS) is 18.2. The van der Waals surface area contributed by atoms with Crippen LogP contribution < -0.4 is 35.9 Å². The summed E-state index contributed by atoms with van der Waals surface area (Å²) in [5, 5.41) is 7.67. The second-order valence-corrected chi connectivity index (χ2v) is 8.94. The van der Waals surface area contributed by atoms with Crippen molar-refractivity contribution in [2.45, 2.75) is 24.9 Å². The molecule has 2 aromatic rings.